The van der Waals surface area contributed by atoms with E-state index < -0.39 is 11.5 Å². The standard InChI is InChI=1S/C11H9Br2NO2/c1-2-3-11(16)9-7(13)4-6(12)5-8(9)14-10(11)15/h2,4-5,16H,1,3H2,(H,14,15). The predicted octanol–water partition coefficient (Wildman–Crippen LogP) is 2.93. The van der Waals surface area contributed by atoms with E-state index >= 15 is 0 Å². The summed E-state index contributed by atoms with van der Waals surface area (Å²) in [5.41, 5.74) is -0.326. The number of carbonyl (C=O) groups is 1. The Morgan fingerprint density at radius 3 is 2.81 bits per heavy atom. The van der Waals surface area contributed by atoms with Crippen molar-refractivity contribution in [3.63, 3.8) is 0 Å². The van der Waals surface area contributed by atoms with Gasteiger partial charge in [0.2, 0.25) is 0 Å². The molecule has 1 atom stereocenters. The highest BCUT2D eigenvalue weighted by molar-refractivity contribution is 9.11. The molecule has 0 saturated carbocycles. The molecule has 0 spiro atoms. The molecule has 1 aromatic rings. The minimum Gasteiger partial charge on any atom is -0.375 e. The molecule has 0 radical (unpaired) electrons. The molecule has 1 aliphatic heterocycles. The number of benzene rings is 1. The van der Waals surface area contributed by atoms with E-state index in [0.29, 0.717) is 15.7 Å². The van der Waals surface area contributed by atoms with Crippen LogP contribution in [0.4, 0.5) is 5.69 Å². The second-order valence-electron chi connectivity index (χ2n) is 3.62. The molecule has 3 nitrogen and oxygen atoms in total. The van der Waals surface area contributed by atoms with Crippen LogP contribution in [0.3, 0.4) is 0 Å². The van der Waals surface area contributed by atoms with Crippen LogP contribution in [-0.2, 0) is 10.4 Å². The van der Waals surface area contributed by atoms with Gasteiger partial charge in [-0.2, -0.15) is 0 Å². The van der Waals surface area contributed by atoms with Crippen molar-refractivity contribution in [3.8, 4) is 0 Å². The first-order valence-electron chi connectivity index (χ1n) is 4.63. The lowest BCUT2D eigenvalue weighted by atomic mass is 9.92. The van der Waals surface area contributed by atoms with E-state index in [1.54, 1.807) is 12.1 Å². The van der Waals surface area contributed by atoms with E-state index in [1.165, 1.54) is 6.08 Å². The molecule has 0 aromatic heterocycles. The summed E-state index contributed by atoms with van der Waals surface area (Å²) in [6, 6.07) is 3.56. The number of hydrogen-bond acceptors (Lipinski definition) is 2. The molecule has 0 saturated heterocycles. The molecule has 1 unspecified atom stereocenters. The average Bonchev–Trinajstić information content (AvgIpc) is 2.38. The van der Waals surface area contributed by atoms with Gasteiger partial charge in [0.1, 0.15) is 0 Å². The lowest BCUT2D eigenvalue weighted by Gasteiger charge is -2.19. The SMILES string of the molecule is C=CCC1(O)C(=O)Nc2cc(Br)cc(Br)c21. The molecular formula is C11H9Br2NO2. The van der Waals surface area contributed by atoms with Gasteiger partial charge >= 0.3 is 0 Å². The van der Waals surface area contributed by atoms with Crippen molar-refractivity contribution in [1.29, 1.82) is 0 Å². The number of rotatable bonds is 2. The molecule has 0 fully saturated rings. The van der Waals surface area contributed by atoms with Crippen molar-refractivity contribution < 1.29 is 9.90 Å². The van der Waals surface area contributed by atoms with Gasteiger partial charge in [-0.1, -0.05) is 37.9 Å². The summed E-state index contributed by atoms with van der Waals surface area (Å²) < 4.78 is 1.53. The molecule has 2 rings (SSSR count). The zero-order valence-electron chi connectivity index (χ0n) is 8.26. The first-order valence-corrected chi connectivity index (χ1v) is 6.22. The number of anilines is 1. The van der Waals surface area contributed by atoms with E-state index in [1.807, 2.05) is 0 Å². The zero-order chi connectivity index (χ0) is 11.9. The van der Waals surface area contributed by atoms with Crippen LogP contribution in [0.2, 0.25) is 0 Å². The Hall–Kier alpha value is -0.650. The highest BCUT2D eigenvalue weighted by atomic mass is 79.9. The fraction of sp³-hybridized carbons (Fsp3) is 0.182. The summed E-state index contributed by atoms with van der Waals surface area (Å²) in [6.45, 7) is 3.56. The third-order valence-corrected chi connectivity index (χ3v) is 3.62. The molecule has 1 aromatic carbocycles. The van der Waals surface area contributed by atoms with Gasteiger partial charge in [-0.3, -0.25) is 4.79 Å². The van der Waals surface area contributed by atoms with Crippen LogP contribution in [0.15, 0.2) is 33.7 Å². The molecule has 1 amide bonds. The average molecular weight is 347 g/mol. The molecule has 16 heavy (non-hydrogen) atoms. The van der Waals surface area contributed by atoms with Gasteiger partial charge in [-0.05, 0) is 12.1 Å². The molecule has 2 N–H and O–H groups in total. The highest BCUT2D eigenvalue weighted by Gasteiger charge is 2.45. The summed E-state index contributed by atoms with van der Waals surface area (Å²) in [5, 5.41) is 13.0. The molecule has 1 aliphatic rings. The monoisotopic (exact) mass is 345 g/mol. The minimum atomic E-state index is -1.52. The summed E-state index contributed by atoms with van der Waals surface area (Å²) in [5.74, 6) is -0.416. The second-order valence-corrected chi connectivity index (χ2v) is 5.39. The largest absolute Gasteiger partial charge is 0.375 e. The first-order chi connectivity index (χ1) is 7.49. The van der Waals surface area contributed by atoms with Crippen LogP contribution >= 0.6 is 31.9 Å². The van der Waals surface area contributed by atoms with E-state index in [-0.39, 0.29) is 6.42 Å². The van der Waals surface area contributed by atoms with Gasteiger partial charge in [0.15, 0.2) is 5.60 Å². The Bertz CT molecular complexity index is 487. The molecule has 0 aliphatic carbocycles. The van der Waals surface area contributed by atoms with Crippen LogP contribution in [-0.4, -0.2) is 11.0 Å². The van der Waals surface area contributed by atoms with E-state index in [2.05, 4.69) is 43.8 Å². The van der Waals surface area contributed by atoms with Crippen molar-refractivity contribution in [1.82, 2.24) is 0 Å². The van der Waals surface area contributed by atoms with Crippen molar-refractivity contribution in [2.75, 3.05) is 5.32 Å². The number of carbonyl (C=O) groups excluding carboxylic acids is 1. The number of fused-ring (bicyclic) bond motifs is 1. The predicted molar refractivity (Wildman–Crippen MR) is 69.2 cm³/mol. The quantitative estimate of drug-likeness (QED) is 0.809. The third-order valence-electron chi connectivity index (χ3n) is 2.53. The number of nitrogens with one attached hydrogen (secondary N) is 1. The normalized spacial score (nSPS) is 22.8. The Morgan fingerprint density at radius 1 is 1.50 bits per heavy atom. The number of halogens is 2. The van der Waals surface area contributed by atoms with Crippen LogP contribution in [0, 0.1) is 0 Å². The number of hydrogen-bond donors (Lipinski definition) is 2. The zero-order valence-corrected chi connectivity index (χ0v) is 11.4. The number of amides is 1. The maximum atomic E-state index is 11.8. The number of aliphatic hydroxyl groups is 1. The van der Waals surface area contributed by atoms with E-state index in [9.17, 15) is 9.90 Å². The van der Waals surface area contributed by atoms with Gasteiger partial charge in [-0.15, -0.1) is 6.58 Å². The maximum Gasteiger partial charge on any atom is 0.261 e. The van der Waals surface area contributed by atoms with Crippen LogP contribution in [0.25, 0.3) is 0 Å². The smallest absolute Gasteiger partial charge is 0.261 e. The molecular weight excluding hydrogens is 338 g/mol. The Labute approximate surface area is 110 Å². The third kappa shape index (κ3) is 1.63. The van der Waals surface area contributed by atoms with E-state index in [0.717, 1.165) is 4.47 Å². The van der Waals surface area contributed by atoms with Crippen LogP contribution in [0.1, 0.15) is 12.0 Å². The lowest BCUT2D eigenvalue weighted by Crippen LogP contribution is -2.33. The summed E-state index contributed by atoms with van der Waals surface area (Å²) >= 11 is 6.68. The van der Waals surface area contributed by atoms with Crippen LogP contribution < -0.4 is 5.32 Å². The second kappa shape index (κ2) is 3.98. The molecule has 0 bridgehead atoms. The van der Waals surface area contributed by atoms with Gasteiger partial charge in [0.05, 0.1) is 0 Å². The molecule has 5 heteroatoms. The van der Waals surface area contributed by atoms with Crippen LogP contribution in [0.5, 0.6) is 0 Å². The van der Waals surface area contributed by atoms with Crippen molar-refractivity contribution in [2.45, 2.75) is 12.0 Å². The fourth-order valence-electron chi connectivity index (χ4n) is 1.84. The summed E-state index contributed by atoms with van der Waals surface area (Å²) in [4.78, 5) is 11.8. The topological polar surface area (TPSA) is 49.3 Å². The fourth-order valence-corrected chi connectivity index (χ4v) is 3.39. The maximum absolute atomic E-state index is 11.8. The van der Waals surface area contributed by atoms with E-state index in [4.69, 9.17) is 0 Å². The van der Waals surface area contributed by atoms with Gasteiger partial charge in [0, 0.05) is 26.6 Å². The molecule has 84 valence electrons. The van der Waals surface area contributed by atoms with Gasteiger partial charge in [-0.25, -0.2) is 0 Å². The summed E-state index contributed by atoms with van der Waals surface area (Å²) in [7, 11) is 0. The van der Waals surface area contributed by atoms with Crippen molar-refractivity contribution in [3.05, 3.63) is 39.3 Å². The van der Waals surface area contributed by atoms with Crippen molar-refractivity contribution >= 4 is 43.5 Å². The summed E-state index contributed by atoms with van der Waals surface area (Å²) in [6.07, 6.45) is 1.72. The van der Waals surface area contributed by atoms with Crippen molar-refractivity contribution in [2.24, 2.45) is 0 Å². The Kier molecular flexibility index (Phi) is 2.94. The first kappa shape index (κ1) is 11.8. The Morgan fingerprint density at radius 2 is 2.19 bits per heavy atom. The van der Waals surface area contributed by atoms with Gasteiger partial charge < -0.3 is 10.4 Å². The molecule has 1 heterocycles. The van der Waals surface area contributed by atoms with Gasteiger partial charge in [0.25, 0.3) is 5.91 Å². The lowest BCUT2D eigenvalue weighted by molar-refractivity contribution is -0.133. The highest BCUT2D eigenvalue weighted by Crippen LogP contribution is 2.44. The minimum absolute atomic E-state index is 0.187. The Balaban J connectivity index is 2.65.